The van der Waals surface area contributed by atoms with Crippen molar-refractivity contribution in [1.29, 1.82) is 0 Å². The summed E-state index contributed by atoms with van der Waals surface area (Å²) in [5, 5.41) is 12.5. The van der Waals surface area contributed by atoms with Gasteiger partial charge in [-0.1, -0.05) is 6.92 Å². The van der Waals surface area contributed by atoms with Gasteiger partial charge >= 0.3 is 0 Å². The fourth-order valence-electron chi connectivity index (χ4n) is 2.62. The van der Waals surface area contributed by atoms with Gasteiger partial charge in [-0.3, -0.25) is 4.68 Å². The molecule has 1 saturated carbocycles. The van der Waals surface area contributed by atoms with Crippen LogP contribution in [0, 0.1) is 13.8 Å². The molecule has 2 aromatic rings. The molecule has 1 N–H and O–H groups in total. The van der Waals surface area contributed by atoms with Crippen LogP contribution in [0.15, 0.2) is 6.33 Å². The first-order valence-electron chi connectivity index (χ1n) is 7.82. The van der Waals surface area contributed by atoms with Crippen LogP contribution >= 0.6 is 0 Å². The van der Waals surface area contributed by atoms with E-state index in [1.165, 1.54) is 24.1 Å². The third-order valence-electron chi connectivity index (χ3n) is 4.10. The van der Waals surface area contributed by atoms with Crippen molar-refractivity contribution in [2.45, 2.75) is 65.7 Å². The molecule has 3 rings (SSSR count). The average molecular weight is 288 g/mol. The summed E-state index contributed by atoms with van der Waals surface area (Å²) in [4.78, 5) is 4.37. The van der Waals surface area contributed by atoms with Gasteiger partial charge in [0.05, 0.1) is 5.69 Å². The summed E-state index contributed by atoms with van der Waals surface area (Å²) in [6.07, 6.45) is 5.31. The molecule has 21 heavy (non-hydrogen) atoms. The standard InChI is InChI=1S/C15H24N6/c1-4-7-20-15(17-10-18-20)9-21-12(3)14(11(2)19-21)8-16-13-5-6-13/h10,13,16H,4-9H2,1-3H3. The van der Waals surface area contributed by atoms with Crippen LogP contribution in [0.1, 0.15) is 49.0 Å². The van der Waals surface area contributed by atoms with Crippen molar-refractivity contribution in [3.63, 3.8) is 0 Å². The fourth-order valence-corrected chi connectivity index (χ4v) is 2.62. The van der Waals surface area contributed by atoms with Crippen LogP contribution in [0.3, 0.4) is 0 Å². The van der Waals surface area contributed by atoms with E-state index in [0.29, 0.717) is 6.54 Å². The Morgan fingerprint density at radius 2 is 2.10 bits per heavy atom. The second-order valence-electron chi connectivity index (χ2n) is 5.86. The van der Waals surface area contributed by atoms with Crippen molar-refractivity contribution < 1.29 is 0 Å². The Morgan fingerprint density at radius 3 is 2.81 bits per heavy atom. The largest absolute Gasteiger partial charge is 0.310 e. The Kier molecular flexibility index (Phi) is 4.05. The Labute approximate surface area is 125 Å². The predicted molar refractivity (Wildman–Crippen MR) is 81.0 cm³/mol. The monoisotopic (exact) mass is 288 g/mol. The first-order chi connectivity index (χ1) is 10.2. The molecule has 6 heteroatoms. The van der Waals surface area contributed by atoms with Crippen LogP contribution in [0.25, 0.3) is 0 Å². The lowest BCUT2D eigenvalue weighted by atomic mass is 10.2. The smallest absolute Gasteiger partial charge is 0.148 e. The van der Waals surface area contributed by atoms with Gasteiger partial charge in [-0.25, -0.2) is 9.67 Å². The van der Waals surface area contributed by atoms with E-state index < -0.39 is 0 Å². The van der Waals surface area contributed by atoms with Gasteiger partial charge in [0.1, 0.15) is 18.7 Å². The first-order valence-corrected chi connectivity index (χ1v) is 7.82. The van der Waals surface area contributed by atoms with Crippen molar-refractivity contribution in [2.75, 3.05) is 0 Å². The van der Waals surface area contributed by atoms with Crippen LogP contribution in [0.5, 0.6) is 0 Å². The molecule has 0 bridgehead atoms. The molecular formula is C15H24N6. The second-order valence-corrected chi connectivity index (χ2v) is 5.86. The molecule has 0 amide bonds. The normalized spacial score (nSPS) is 14.8. The highest BCUT2D eigenvalue weighted by molar-refractivity contribution is 5.25. The maximum atomic E-state index is 4.68. The molecule has 0 unspecified atom stereocenters. The highest BCUT2D eigenvalue weighted by Crippen LogP contribution is 2.21. The van der Waals surface area contributed by atoms with E-state index in [1.807, 2.05) is 4.68 Å². The highest BCUT2D eigenvalue weighted by atomic mass is 15.4. The van der Waals surface area contributed by atoms with Gasteiger partial charge in [-0.05, 0) is 33.1 Å². The summed E-state index contributed by atoms with van der Waals surface area (Å²) < 4.78 is 4.02. The minimum absolute atomic E-state index is 0.691. The lowest BCUT2D eigenvalue weighted by Gasteiger charge is -2.07. The zero-order valence-electron chi connectivity index (χ0n) is 13.1. The minimum Gasteiger partial charge on any atom is -0.310 e. The predicted octanol–water partition coefficient (Wildman–Crippen LogP) is 1.80. The van der Waals surface area contributed by atoms with Crippen LogP contribution in [0.2, 0.25) is 0 Å². The van der Waals surface area contributed by atoms with Gasteiger partial charge in [0, 0.05) is 30.4 Å². The zero-order chi connectivity index (χ0) is 14.8. The summed E-state index contributed by atoms with van der Waals surface area (Å²) in [7, 11) is 0. The third kappa shape index (κ3) is 3.15. The summed E-state index contributed by atoms with van der Waals surface area (Å²) in [6.45, 7) is 8.90. The van der Waals surface area contributed by atoms with Crippen molar-refractivity contribution in [3.05, 3.63) is 29.1 Å². The van der Waals surface area contributed by atoms with E-state index in [0.717, 1.165) is 37.1 Å². The van der Waals surface area contributed by atoms with E-state index in [4.69, 9.17) is 0 Å². The van der Waals surface area contributed by atoms with Crippen molar-refractivity contribution >= 4 is 0 Å². The van der Waals surface area contributed by atoms with Crippen LogP contribution in [0.4, 0.5) is 0 Å². The maximum Gasteiger partial charge on any atom is 0.148 e. The number of nitrogens with zero attached hydrogens (tertiary/aromatic N) is 5. The molecule has 6 nitrogen and oxygen atoms in total. The van der Waals surface area contributed by atoms with Gasteiger partial charge < -0.3 is 5.32 Å². The van der Waals surface area contributed by atoms with Gasteiger partial charge in [-0.15, -0.1) is 0 Å². The van der Waals surface area contributed by atoms with E-state index in [-0.39, 0.29) is 0 Å². The molecule has 0 aromatic carbocycles. The SMILES string of the molecule is CCCn1ncnc1Cn1nc(C)c(CNC2CC2)c1C. The van der Waals surface area contributed by atoms with Gasteiger partial charge in [-0.2, -0.15) is 10.2 Å². The molecule has 1 fully saturated rings. The van der Waals surface area contributed by atoms with Crippen molar-refractivity contribution in [1.82, 2.24) is 29.9 Å². The van der Waals surface area contributed by atoms with E-state index in [1.54, 1.807) is 6.33 Å². The number of hydrogen-bond acceptors (Lipinski definition) is 4. The summed E-state index contributed by atoms with van der Waals surface area (Å²) >= 11 is 0. The summed E-state index contributed by atoms with van der Waals surface area (Å²) in [6, 6.07) is 0.722. The minimum atomic E-state index is 0.691. The Balaban J connectivity index is 1.75. The number of aromatic nitrogens is 5. The summed E-state index contributed by atoms with van der Waals surface area (Å²) in [5.74, 6) is 0.976. The second kappa shape index (κ2) is 5.97. The number of nitrogens with one attached hydrogen (secondary N) is 1. The third-order valence-corrected chi connectivity index (χ3v) is 4.10. The Bertz CT molecular complexity index is 608. The lowest BCUT2D eigenvalue weighted by molar-refractivity contribution is 0.533. The van der Waals surface area contributed by atoms with E-state index >= 15 is 0 Å². The fraction of sp³-hybridized carbons (Fsp3) is 0.667. The number of hydrogen-bond donors (Lipinski definition) is 1. The molecule has 0 radical (unpaired) electrons. The van der Waals surface area contributed by atoms with Crippen LogP contribution in [-0.4, -0.2) is 30.6 Å². The molecule has 1 aliphatic carbocycles. The van der Waals surface area contributed by atoms with Gasteiger partial charge in [0.15, 0.2) is 0 Å². The quantitative estimate of drug-likeness (QED) is 0.844. The topological polar surface area (TPSA) is 60.6 Å². The Morgan fingerprint density at radius 1 is 1.29 bits per heavy atom. The average Bonchev–Trinajstić information content (AvgIpc) is 3.13. The van der Waals surface area contributed by atoms with E-state index in [9.17, 15) is 0 Å². The van der Waals surface area contributed by atoms with E-state index in [2.05, 4.69) is 46.0 Å². The zero-order valence-corrected chi connectivity index (χ0v) is 13.1. The molecule has 114 valence electrons. The van der Waals surface area contributed by atoms with Crippen molar-refractivity contribution in [3.8, 4) is 0 Å². The molecule has 2 heterocycles. The molecular weight excluding hydrogens is 264 g/mol. The molecule has 0 atom stereocenters. The summed E-state index contributed by atoms with van der Waals surface area (Å²) in [5.41, 5.74) is 3.66. The molecule has 0 saturated heterocycles. The van der Waals surface area contributed by atoms with Gasteiger partial charge in [0.25, 0.3) is 0 Å². The molecule has 0 aliphatic heterocycles. The molecule has 2 aromatic heterocycles. The Hall–Kier alpha value is -1.69. The maximum absolute atomic E-state index is 4.68. The van der Waals surface area contributed by atoms with Crippen LogP contribution < -0.4 is 5.32 Å². The first kappa shape index (κ1) is 14.3. The van der Waals surface area contributed by atoms with Gasteiger partial charge in [0.2, 0.25) is 0 Å². The van der Waals surface area contributed by atoms with Crippen molar-refractivity contribution in [2.24, 2.45) is 0 Å². The lowest BCUT2D eigenvalue weighted by Crippen LogP contribution is -2.16. The number of rotatable bonds is 7. The number of aryl methyl sites for hydroxylation is 2. The molecule has 1 aliphatic rings. The molecule has 0 spiro atoms. The van der Waals surface area contributed by atoms with Crippen LogP contribution in [-0.2, 0) is 19.6 Å². The highest BCUT2D eigenvalue weighted by Gasteiger charge is 2.22.